The highest BCUT2D eigenvalue weighted by Gasteiger charge is 2.26. The van der Waals surface area contributed by atoms with E-state index in [1.165, 1.54) is 0 Å². The fourth-order valence-electron chi connectivity index (χ4n) is 1.46. The fraction of sp³-hybridized carbons (Fsp3) is 0.778. The maximum atomic E-state index is 11.3. The summed E-state index contributed by atoms with van der Waals surface area (Å²) in [6.45, 7) is 1.34. The number of nitrogens with zero attached hydrogens (tertiary/aromatic N) is 1. The van der Waals surface area contributed by atoms with E-state index in [4.69, 9.17) is 6.42 Å². The molecule has 3 nitrogen and oxygen atoms in total. The van der Waals surface area contributed by atoms with Gasteiger partial charge in [-0.05, 0) is 19.3 Å². The van der Waals surface area contributed by atoms with Gasteiger partial charge in [-0.25, -0.2) is 12.7 Å². The van der Waals surface area contributed by atoms with E-state index < -0.39 is 10.0 Å². The Labute approximate surface area is 80.2 Å². The van der Waals surface area contributed by atoms with Crippen molar-refractivity contribution in [1.82, 2.24) is 4.31 Å². The average molecular weight is 201 g/mol. The minimum atomic E-state index is -2.89. The monoisotopic (exact) mass is 201 g/mol. The topological polar surface area (TPSA) is 37.4 Å². The molecule has 0 amide bonds. The van der Waals surface area contributed by atoms with Gasteiger partial charge >= 0.3 is 0 Å². The molecule has 1 saturated heterocycles. The van der Waals surface area contributed by atoms with E-state index in [1.807, 2.05) is 0 Å². The van der Waals surface area contributed by atoms with Crippen LogP contribution in [0.15, 0.2) is 0 Å². The smallest absolute Gasteiger partial charge is 0.212 e. The molecule has 0 aromatic rings. The third-order valence-corrected chi connectivity index (χ3v) is 4.14. The highest BCUT2D eigenvalue weighted by molar-refractivity contribution is 7.89. The van der Waals surface area contributed by atoms with Gasteiger partial charge in [0.15, 0.2) is 0 Å². The highest BCUT2D eigenvalue weighted by atomic mass is 32.2. The molecule has 13 heavy (non-hydrogen) atoms. The van der Waals surface area contributed by atoms with E-state index in [2.05, 4.69) is 5.92 Å². The van der Waals surface area contributed by atoms with E-state index in [0.717, 1.165) is 25.7 Å². The molecule has 0 aromatic heterocycles. The van der Waals surface area contributed by atoms with Gasteiger partial charge in [0.1, 0.15) is 0 Å². The minimum absolute atomic E-state index is 0.322. The molecular weight excluding hydrogens is 186 g/mol. The van der Waals surface area contributed by atoms with Gasteiger partial charge in [-0.3, -0.25) is 0 Å². The van der Waals surface area contributed by atoms with Gasteiger partial charge in [0, 0.05) is 19.5 Å². The zero-order valence-electron chi connectivity index (χ0n) is 7.70. The summed E-state index contributed by atoms with van der Waals surface area (Å²) in [5, 5.41) is 0. The largest absolute Gasteiger partial charge is 0.214 e. The fourth-order valence-corrected chi connectivity index (χ4v) is 3.02. The van der Waals surface area contributed by atoms with Crippen molar-refractivity contribution in [1.29, 1.82) is 0 Å². The van der Waals surface area contributed by atoms with Crippen molar-refractivity contribution in [3.8, 4) is 12.3 Å². The molecule has 0 N–H and O–H groups in total. The van der Waals surface area contributed by atoms with Gasteiger partial charge in [0.05, 0.1) is 5.75 Å². The summed E-state index contributed by atoms with van der Waals surface area (Å²) >= 11 is 0. The summed E-state index contributed by atoms with van der Waals surface area (Å²) in [7, 11) is -2.89. The van der Waals surface area contributed by atoms with Crippen molar-refractivity contribution in [3.63, 3.8) is 0 Å². The van der Waals surface area contributed by atoms with Crippen LogP contribution >= 0.6 is 0 Å². The third-order valence-electron chi connectivity index (χ3n) is 2.18. The Bertz CT molecular complexity index is 289. The van der Waals surface area contributed by atoms with Crippen LogP contribution in [0.4, 0.5) is 0 Å². The molecule has 0 aromatic carbocycles. The second-order valence-electron chi connectivity index (χ2n) is 3.23. The zero-order valence-corrected chi connectivity index (χ0v) is 8.52. The van der Waals surface area contributed by atoms with Crippen molar-refractivity contribution in [2.24, 2.45) is 0 Å². The van der Waals surface area contributed by atoms with Crippen LogP contribution in [0.1, 0.15) is 25.7 Å². The first-order valence-corrected chi connectivity index (χ1v) is 6.19. The molecule has 0 spiro atoms. The van der Waals surface area contributed by atoms with Gasteiger partial charge in [-0.2, -0.15) is 0 Å². The summed E-state index contributed by atoms with van der Waals surface area (Å²) in [6, 6.07) is 0. The number of hydrogen-bond acceptors (Lipinski definition) is 2. The molecule has 0 bridgehead atoms. The van der Waals surface area contributed by atoms with Gasteiger partial charge < -0.3 is 0 Å². The molecule has 0 unspecified atom stereocenters. The summed E-state index contributed by atoms with van der Waals surface area (Å²) in [5.41, 5.74) is 0. The molecule has 1 fully saturated rings. The number of unbranched alkanes of at least 4 members (excludes halogenated alkanes) is 2. The predicted molar refractivity (Wildman–Crippen MR) is 52.7 cm³/mol. The zero-order chi connectivity index (χ0) is 9.73. The Hall–Kier alpha value is -0.530. The van der Waals surface area contributed by atoms with E-state index in [0.29, 0.717) is 18.8 Å². The van der Waals surface area contributed by atoms with Crippen molar-refractivity contribution in [2.45, 2.75) is 25.7 Å². The van der Waals surface area contributed by atoms with Crippen LogP contribution in [0, 0.1) is 12.3 Å². The quantitative estimate of drug-likeness (QED) is 0.499. The predicted octanol–water partition coefficient (Wildman–Crippen LogP) is 0.825. The Morgan fingerprint density at radius 1 is 1.38 bits per heavy atom. The Morgan fingerprint density at radius 3 is 2.69 bits per heavy atom. The number of hydrogen-bond donors (Lipinski definition) is 0. The van der Waals surface area contributed by atoms with Crippen LogP contribution < -0.4 is 0 Å². The highest BCUT2D eigenvalue weighted by Crippen LogP contribution is 2.14. The van der Waals surface area contributed by atoms with Crippen molar-refractivity contribution < 1.29 is 8.42 Å². The van der Waals surface area contributed by atoms with Crippen molar-refractivity contribution in [3.05, 3.63) is 0 Å². The Morgan fingerprint density at radius 2 is 2.15 bits per heavy atom. The van der Waals surface area contributed by atoms with Gasteiger partial charge in [0.2, 0.25) is 10.0 Å². The van der Waals surface area contributed by atoms with Crippen LogP contribution in [0.2, 0.25) is 0 Å². The standard InChI is InChI=1S/C9H15NO2S/c1-2-3-4-5-7-10-8-6-9-13(10,11)12/h1H,3-9H2. The lowest BCUT2D eigenvalue weighted by atomic mass is 10.2. The average Bonchev–Trinajstić information content (AvgIpc) is 2.40. The van der Waals surface area contributed by atoms with Crippen LogP contribution in [-0.4, -0.2) is 31.6 Å². The first-order valence-electron chi connectivity index (χ1n) is 4.58. The van der Waals surface area contributed by atoms with Gasteiger partial charge in [-0.1, -0.05) is 0 Å². The number of sulfonamides is 1. The lowest BCUT2D eigenvalue weighted by Gasteiger charge is -2.12. The van der Waals surface area contributed by atoms with Crippen molar-refractivity contribution in [2.75, 3.05) is 18.8 Å². The Kier molecular flexibility index (Phi) is 3.76. The maximum Gasteiger partial charge on any atom is 0.214 e. The van der Waals surface area contributed by atoms with E-state index in [9.17, 15) is 8.42 Å². The molecule has 1 aliphatic rings. The van der Waals surface area contributed by atoms with Gasteiger partial charge in [-0.15, -0.1) is 12.3 Å². The number of rotatable bonds is 4. The first kappa shape index (κ1) is 10.6. The van der Waals surface area contributed by atoms with E-state index in [-0.39, 0.29) is 0 Å². The second kappa shape index (κ2) is 4.64. The SMILES string of the molecule is C#CCCCCN1CCCS1(=O)=O. The molecule has 1 heterocycles. The molecule has 1 aliphatic heterocycles. The lowest BCUT2D eigenvalue weighted by Crippen LogP contribution is -2.26. The van der Waals surface area contributed by atoms with E-state index >= 15 is 0 Å². The summed E-state index contributed by atoms with van der Waals surface area (Å²) in [4.78, 5) is 0. The van der Waals surface area contributed by atoms with Crippen molar-refractivity contribution >= 4 is 10.0 Å². The van der Waals surface area contributed by atoms with Crippen LogP contribution in [0.5, 0.6) is 0 Å². The van der Waals surface area contributed by atoms with Gasteiger partial charge in [0.25, 0.3) is 0 Å². The molecule has 1 rings (SSSR count). The van der Waals surface area contributed by atoms with Crippen LogP contribution in [0.3, 0.4) is 0 Å². The molecule has 74 valence electrons. The van der Waals surface area contributed by atoms with Crippen LogP contribution in [0.25, 0.3) is 0 Å². The summed E-state index contributed by atoms with van der Waals surface area (Å²) < 4.78 is 24.2. The second-order valence-corrected chi connectivity index (χ2v) is 5.32. The molecule has 0 saturated carbocycles. The molecule has 0 radical (unpaired) electrons. The Balaban J connectivity index is 2.26. The summed E-state index contributed by atoms with van der Waals surface area (Å²) in [5.74, 6) is 2.87. The van der Waals surface area contributed by atoms with Crippen LogP contribution in [-0.2, 0) is 10.0 Å². The molecule has 4 heteroatoms. The minimum Gasteiger partial charge on any atom is -0.212 e. The maximum absolute atomic E-state index is 11.3. The molecule has 0 aliphatic carbocycles. The number of terminal acetylenes is 1. The lowest BCUT2D eigenvalue weighted by molar-refractivity contribution is 0.431. The first-order chi connectivity index (χ1) is 6.17. The van der Waals surface area contributed by atoms with E-state index in [1.54, 1.807) is 4.31 Å². The summed E-state index contributed by atoms with van der Waals surface area (Å²) in [6.07, 6.45) is 8.41. The molecular formula is C9H15NO2S. The molecule has 0 atom stereocenters. The third kappa shape index (κ3) is 3.02. The normalized spacial score (nSPS) is 21.5.